The zero-order valence-corrected chi connectivity index (χ0v) is 17.2. The van der Waals surface area contributed by atoms with E-state index in [2.05, 4.69) is 5.32 Å². The molecule has 0 spiro atoms. The van der Waals surface area contributed by atoms with Crippen LogP contribution in [0.5, 0.6) is 0 Å². The van der Waals surface area contributed by atoms with Crippen molar-refractivity contribution in [3.63, 3.8) is 0 Å². The second-order valence-corrected chi connectivity index (χ2v) is 8.95. The van der Waals surface area contributed by atoms with Crippen molar-refractivity contribution in [1.29, 1.82) is 0 Å². The number of para-hydroxylation sites is 1. The number of nitrogens with zero attached hydrogens (tertiary/aromatic N) is 2. The minimum Gasteiger partial charge on any atom is -0.322 e. The molecule has 3 aromatic rings. The fourth-order valence-electron chi connectivity index (χ4n) is 3.52. The van der Waals surface area contributed by atoms with Gasteiger partial charge in [-0.15, -0.1) is 0 Å². The van der Waals surface area contributed by atoms with Gasteiger partial charge in [-0.25, -0.2) is 8.42 Å². The van der Waals surface area contributed by atoms with Crippen molar-refractivity contribution in [2.24, 2.45) is 0 Å². The summed E-state index contributed by atoms with van der Waals surface area (Å²) in [6.45, 7) is 0.415. The summed E-state index contributed by atoms with van der Waals surface area (Å²) in [7, 11) is -3.73. The van der Waals surface area contributed by atoms with E-state index in [-0.39, 0.29) is 16.1 Å². The van der Waals surface area contributed by atoms with Crippen LogP contribution in [0.1, 0.15) is 22.3 Å². The largest absolute Gasteiger partial charge is 0.322 e. The summed E-state index contributed by atoms with van der Waals surface area (Å²) in [6, 6.07) is 18.6. The van der Waals surface area contributed by atoms with Gasteiger partial charge in [0.25, 0.3) is 21.6 Å². The van der Waals surface area contributed by atoms with Gasteiger partial charge in [-0.2, -0.15) is 0 Å². The second kappa shape index (κ2) is 8.19. The highest BCUT2D eigenvalue weighted by atomic mass is 32.2. The number of benzene rings is 3. The number of hydrogen-bond acceptors (Lipinski definition) is 5. The third kappa shape index (κ3) is 4.13. The maximum absolute atomic E-state index is 13.2. The first kappa shape index (κ1) is 20.5. The maximum atomic E-state index is 13.2. The first-order chi connectivity index (χ1) is 14.9. The van der Waals surface area contributed by atoms with Crippen LogP contribution in [-0.2, 0) is 16.4 Å². The molecular formula is C22H19N3O5S. The Balaban J connectivity index is 1.52. The molecule has 8 nitrogen and oxygen atoms in total. The molecule has 0 unspecified atom stereocenters. The SMILES string of the molecule is O=C(Nc1ccc(S(=O)(=O)N2CCCc3ccccc32)cc1)c1ccc([N+](=O)[O-])cc1. The molecule has 4 rings (SSSR count). The summed E-state index contributed by atoms with van der Waals surface area (Å²) < 4.78 is 27.8. The number of fused-ring (bicyclic) bond motifs is 1. The fourth-order valence-corrected chi connectivity index (χ4v) is 5.07. The lowest BCUT2D eigenvalue weighted by Crippen LogP contribution is -2.35. The van der Waals surface area contributed by atoms with Gasteiger partial charge in [0.1, 0.15) is 0 Å². The number of hydrogen-bond donors (Lipinski definition) is 1. The molecule has 0 saturated heterocycles. The summed E-state index contributed by atoms with van der Waals surface area (Å²) in [5.41, 5.74) is 2.27. The van der Waals surface area contributed by atoms with E-state index < -0.39 is 20.9 Å². The minimum absolute atomic E-state index is 0.106. The van der Waals surface area contributed by atoms with Gasteiger partial charge < -0.3 is 5.32 Å². The molecule has 0 aromatic heterocycles. The third-order valence-corrected chi connectivity index (χ3v) is 6.94. The first-order valence-electron chi connectivity index (χ1n) is 9.63. The first-order valence-corrected chi connectivity index (χ1v) is 11.1. The van der Waals surface area contributed by atoms with Crippen molar-refractivity contribution in [2.75, 3.05) is 16.2 Å². The van der Waals surface area contributed by atoms with Gasteiger partial charge >= 0.3 is 0 Å². The molecule has 0 radical (unpaired) electrons. The average Bonchev–Trinajstić information content (AvgIpc) is 2.79. The summed E-state index contributed by atoms with van der Waals surface area (Å²) in [4.78, 5) is 22.7. The third-order valence-electron chi connectivity index (χ3n) is 5.11. The molecule has 1 aliphatic rings. The van der Waals surface area contributed by atoms with E-state index in [1.54, 1.807) is 0 Å². The summed E-state index contributed by atoms with van der Waals surface area (Å²) >= 11 is 0. The number of aryl methyl sites for hydroxylation is 1. The number of anilines is 2. The highest BCUT2D eigenvalue weighted by Crippen LogP contribution is 2.32. The Morgan fingerprint density at radius 1 is 0.968 bits per heavy atom. The number of carbonyl (C=O) groups excluding carboxylic acids is 1. The van der Waals surface area contributed by atoms with Crippen LogP contribution < -0.4 is 9.62 Å². The van der Waals surface area contributed by atoms with Crippen molar-refractivity contribution in [3.05, 3.63) is 94.0 Å². The quantitative estimate of drug-likeness (QED) is 0.479. The lowest BCUT2D eigenvalue weighted by Gasteiger charge is -2.30. The molecule has 0 atom stereocenters. The van der Waals surface area contributed by atoms with Gasteiger partial charge in [0.05, 0.1) is 15.5 Å². The normalized spacial score (nSPS) is 13.4. The van der Waals surface area contributed by atoms with Crippen LogP contribution in [-0.4, -0.2) is 25.8 Å². The van der Waals surface area contributed by atoms with Gasteiger partial charge in [-0.3, -0.25) is 19.2 Å². The fraction of sp³-hybridized carbons (Fsp3) is 0.136. The Morgan fingerprint density at radius 2 is 1.65 bits per heavy atom. The van der Waals surface area contributed by atoms with Gasteiger partial charge in [-0.05, 0) is 60.9 Å². The number of sulfonamides is 1. The number of nitro groups is 1. The predicted molar refractivity (Wildman–Crippen MR) is 117 cm³/mol. The van der Waals surface area contributed by atoms with Crippen LogP contribution in [0.15, 0.2) is 77.7 Å². The molecular weight excluding hydrogens is 418 g/mol. The van der Waals surface area contributed by atoms with Gasteiger partial charge in [0.2, 0.25) is 0 Å². The Hall–Kier alpha value is -3.72. The van der Waals surface area contributed by atoms with Crippen LogP contribution in [0.25, 0.3) is 0 Å². The van der Waals surface area contributed by atoms with Gasteiger partial charge in [0.15, 0.2) is 0 Å². The molecule has 1 aliphatic heterocycles. The summed E-state index contributed by atoms with van der Waals surface area (Å²) in [5, 5.41) is 13.4. The van der Waals surface area contributed by atoms with Crippen LogP contribution in [0.2, 0.25) is 0 Å². The minimum atomic E-state index is -3.73. The van der Waals surface area contributed by atoms with Crippen molar-refractivity contribution in [1.82, 2.24) is 0 Å². The van der Waals surface area contributed by atoms with Gasteiger partial charge in [-0.1, -0.05) is 18.2 Å². The number of non-ortho nitro benzene ring substituents is 1. The molecule has 0 bridgehead atoms. The van der Waals surface area contributed by atoms with E-state index in [0.29, 0.717) is 17.9 Å². The van der Waals surface area contributed by atoms with E-state index in [0.717, 1.165) is 18.4 Å². The molecule has 3 aromatic carbocycles. The monoisotopic (exact) mass is 437 g/mol. The van der Waals surface area contributed by atoms with Crippen LogP contribution in [0, 0.1) is 10.1 Å². The molecule has 0 fully saturated rings. The standard InChI is InChI=1S/C22H19N3O5S/c26-22(17-7-11-19(12-8-17)25(27)28)23-18-9-13-20(14-10-18)31(29,30)24-15-3-5-16-4-1-2-6-21(16)24/h1-2,4,6-14H,3,5,15H2,(H,23,26). The van der Waals surface area contributed by atoms with E-state index in [1.807, 2.05) is 24.3 Å². The Bertz CT molecular complexity index is 1240. The number of nitro benzene ring substituents is 1. The van der Waals surface area contributed by atoms with E-state index in [1.165, 1.54) is 52.8 Å². The van der Waals surface area contributed by atoms with Crippen LogP contribution in [0.4, 0.5) is 17.1 Å². The van der Waals surface area contributed by atoms with Gasteiger partial charge in [0, 0.05) is 29.9 Å². The number of amides is 1. The maximum Gasteiger partial charge on any atom is 0.269 e. The zero-order valence-electron chi connectivity index (χ0n) is 16.4. The molecule has 1 heterocycles. The van der Waals surface area contributed by atoms with Crippen LogP contribution in [0.3, 0.4) is 0 Å². The number of rotatable bonds is 5. The number of carbonyl (C=O) groups is 1. The van der Waals surface area contributed by atoms with Crippen molar-refractivity contribution < 1.29 is 18.1 Å². The molecule has 1 amide bonds. The average molecular weight is 437 g/mol. The Kier molecular flexibility index (Phi) is 5.43. The summed E-state index contributed by atoms with van der Waals surface area (Å²) in [6.07, 6.45) is 1.59. The Labute approximate surface area is 179 Å². The molecule has 0 aliphatic carbocycles. The van der Waals surface area contributed by atoms with Crippen molar-refractivity contribution >= 4 is 33.0 Å². The highest BCUT2D eigenvalue weighted by molar-refractivity contribution is 7.92. The lowest BCUT2D eigenvalue weighted by molar-refractivity contribution is -0.384. The smallest absolute Gasteiger partial charge is 0.269 e. The van der Waals surface area contributed by atoms with E-state index in [9.17, 15) is 23.3 Å². The molecule has 1 N–H and O–H groups in total. The molecule has 9 heteroatoms. The lowest BCUT2D eigenvalue weighted by atomic mass is 10.0. The topological polar surface area (TPSA) is 110 Å². The summed E-state index contributed by atoms with van der Waals surface area (Å²) in [5.74, 6) is -0.449. The second-order valence-electron chi connectivity index (χ2n) is 7.09. The highest BCUT2D eigenvalue weighted by Gasteiger charge is 2.28. The molecule has 158 valence electrons. The molecule has 31 heavy (non-hydrogen) atoms. The van der Waals surface area contributed by atoms with Crippen molar-refractivity contribution in [2.45, 2.75) is 17.7 Å². The van der Waals surface area contributed by atoms with E-state index >= 15 is 0 Å². The molecule has 0 saturated carbocycles. The van der Waals surface area contributed by atoms with E-state index in [4.69, 9.17) is 0 Å². The zero-order chi connectivity index (χ0) is 22.0. The van der Waals surface area contributed by atoms with Crippen LogP contribution >= 0.6 is 0 Å². The number of nitrogens with one attached hydrogen (secondary N) is 1. The van der Waals surface area contributed by atoms with Crippen molar-refractivity contribution in [3.8, 4) is 0 Å². The predicted octanol–water partition coefficient (Wildman–Crippen LogP) is 3.99. The Morgan fingerprint density at radius 3 is 2.32 bits per heavy atom.